The van der Waals surface area contributed by atoms with Gasteiger partial charge in [-0.2, -0.15) is 0 Å². The maximum atomic E-state index is 9.32. The Balaban J connectivity index is 1.95. The van der Waals surface area contributed by atoms with Crippen molar-refractivity contribution in [2.75, 3.05) is 26.4 Å². The summed E-state index contributed by atoms with van der Waals surface area (Å²) < 4.78 is 11.0. The van der Waals surface area contributed by atoms with Crippen LogP contribution in [0, 0.1) is 5.41 Å². The summed E-state index contributed by atoms with van der Waals surface area (Å²) >= 11 is 0. The summed E-state index contributed by atoms with van der Waals surface area (Å²) in [7, 11) is 0. The molecule has 1 saturated heterocycles. The summed E-state index contributed by atoms with van der Waals surface area (Å²) in [5.41, 5.74) is 1.09. The molecule has 0 radical (unpaired) electrons. The fraction of sp³-hybridized carbons (Fsp3) is 0.600. The summed E-state index contributed by atoms with van der Waals surface area (Å²) in [5, 5.41) is 9.32. The second-order valence-corrected chi connectivity index (χ2v) is 6.16. The second-order valence-electron chi connectivity index (χ2n) is 6.16. The molecule has 1 N–H and O–H groups in total. The van der Waals surface area contributed by atoms with Crippen molar-refractivity contribution in [2.24, 2.45) is 5.41 Å². The molecule has 1 aliphatic rings. The topological polar surface area (TPSA) is 38.7 Å². The predicted molar refractivity (Wildman–Crippen MR) is 71.0 cm³/mol. The van der Waals surface area contributed by atoms with Crippen molar-refractivity contribution >= 4 is 0 Å². The van der Waals surface area contributed by atoms with Crippen molar-refractivity contribution in [3.05, 3.63) is 29.8 Å². The Kier molecular flexibility index (Phi) is 3.64. The van der Waals surface area contributed by atoms with Crippen LogP contribution in [0.2, 0.25) is 0 Å². The summed E-state index contributed by atoms with van der Waals surface area (Å²) in [4.78, 5) is 0. The minimum atomic E-state index is -0.202. The van der Waals surface area contributed by atoms with Gasteiger partial charge in [0.05, 0.1) is 26.4 Å². The zero-order valence-corrected chi connectivity index (χ0v) is 11.4. The molecule has 0 aliphatic carbocycles. The van der Waals surface area contributed by atoms with Crippen LogP contribution in [0.1, 0.15) is 26.3 Å². The molecular formula is C15H22O3. The van der Waals surface area contributed by atoms with Crippen LogP contribution in [-0.4, -0.2) is 31.5 Å². The zero-order valence-electron chi connectivity index (χ0n) is 11.4. The van der Waals surface area contributed by atoms with E-state index >= 15 is 0 Å². The van der Waals surface area contributed by atoms with Crippen LogP contribution in [0.3, 0.4) is 0 Å². The van der Waals surface area contributed by atoms with Crippen molar-refractivity contribution in [3.63, 3.8) is 0 Å². The lowest BCUT2D eigenvalue weighted by Gasteiger charge is -2.37. The zero-order chi connectivity index (χ0) is 13.2. The van der Waals surface area contributed by atoms with Crippen LogP contribution in [0.25, 0.3) is 0 Å². The van der Waals surface area contributed by atoms with E-state index in [2.05, 4.69) is 6.92 Å². The molecule has 0 atom stereocenters. The first kappa shape index (κ1) is 13.4. The van der Waals surface area contributed by atoms with E-state index in [0.29, 0.717) is 6.61 Å². The monoisotopic (exact) mass is 250 g/mol. The third-order valence-corrected chi connectivity index (χ3v) is 3.52. The number of ether oxygens (including phenoxy) is 2. The predicted octanol–water partition coefficient (Wildman–Crippen LogP) is 2.37. The van der Waals surface area contributed by atoms with Crippen molar-refractivity contribution in [1.29, 1.82) is 0 Å². The third kappa shape index (κ3) is 2.85. The van der Waals surface area contributed by atoms with Gasteiger partial charge in [0.15, 0.2) is 0 Å². The van der Waals surface area contributed by atoms with Crippen molar-refractivity contribution in [2.45, 2.75) is 26.2 Å². The van der Waals surface area contributed by atoms with Crippen molar-refractivity contribution in [3.8, 4) is 5.75 Å². The normalized spacial score (nSPS) is 18.2. The molecule has 3 nitrogen and oxygen atoms in total. The Hall–Kier alpha value is -1.06. The highest BCUT2D eigenvalue weighted by Crippen LogP contribution is 2.29. The van der Waals surface area contributed by atoms with Gasteiger partial charge in [-0.25, -0.2) is 0 Å². The fourth-order valence-electron chi connectivity index (χ4n) is 1.89. The van der Waals surface area contributed by atoms with Crippen LogP contribution in [-0.2, 0) is 10.2 Å². The summed E-state index contributed by atoms with van der Waals surface area (Å²) in [6.45, 7) is 8.61. The minimum Gasteiger partial charge on any atom is -0.493 e. The standard InChI is InChI=1S/C15H22O3/c1-14(2,8-16)12-4-6-13(7-5-12)18-11-15(3)9-17-10-15/h4-7,16H,8-11H2,1-3H3. The van der Waals surface area contributed by atoms with Gasteiger partial charge in [0, 0.05) is 10.8 Å². The van der Waals surface area contributed by atoms with Gasteiger partial charge >= 0.3 is 0 Å². The van der Waals surface area contributed by atoms with Gasteiger partial charge in [-0.1, -0.05) is 32.9 Å². The maximum Gasteiger partial charge on any atom is 0.119 e. The van der Waals surface area contributed by atoms with Gasteiger partial charge in [0.1, 0.15) is 5.75 Å². The number of rotatable bonds is 5. The van der Waals surface area contributed by atoms with Gasteiger partial charge in [-0.3, -0.25) is 0 Å². The molecule has 3 heteroatoms. The average Bonchev–Trinajstić information content (AvgIpc) is 2.34. The lowest BCUT2D eigenvalue weighted by atomic mass is 9.86. The van der Waals surface area contributed by atoms with E-state index in [1.807, 2.05) is 38.1 Å². The first-order valence-corrected chi connectivity index (χ1v) is 6.37. The van der Waals surface area contributed by atoms with Crippen LogP contribution >= 0.6 is 0 Å². The Bertz CT molecular complexity index is 391. The van der Waals surface area contributed by atoms with Crippen LogP contribution in [0.15, 0.2) is 24.3 Å². The van der Waals surface area contributed by atoms with E-state index in [1.165, 1.54) is 0 Å². The molecule has 18 heavy (non-hydrogen) atoms. The molecule has 0 amide bonds. The highest BCUT2D eigenvalue weighted by Gasteiger charge is 2.34. The van der Waals surface area contributed by atoms with Crippen LogP contribution in [0.5, 0.6) is 5.75 Å². The lowest BCUT2D eigenvalue weighted by molar-refractivity contribution is -0.120. The van der Waals surface area contributed by atoms with Crippen molar-refractivity contribution < 1.29 is 14.6 Å². The molecular weight excluding hydrogens is 228 g/mol. The number of benzene rings is 1. The number of aliphatic hydroxyl groups is 1. The third-order valence-electron chi connectivity index (χ3n) is 3.52. The average molecular weight is 250 g/mol. The Labute approximate surface area is 109 Å². The van der Waals surface area contributed by atoms with Crippen molar-refractivity contribution in [1.82, 2.24) is 0 Å². The molecule has 1 aromatic rings. The largest absolute Gasteiger partial charge is 0.493 e. The summed E-state index contributed by atoms with van der Waals surface area (Å²) in [6, 6.07) is 7.97. The van der Waals surface area contributed by atoms with Gasteiger partial charge in [0.2, 0.25) is 0 Å². The SMILES string of the molecule is CC1(COc2ccc(C(C)(C)CO)cc2)COC1. The number of hydrogen-bond acceptors (Lipinski definition) is 3. The Morgan fingerprint density at radius 2 is 1.89 bits per heavy atom. The first-order valence-electron chi connectivity index (χ1n) is 6.37. The molecule has 0 aromatic heterocycles. The number of aliphatic hydroxyl groups excluding tert-OH is 1. The molecule has 1 fully saturated rings. The molecule has 0 unspecified atom stereocenters. The highest BCUT2D eigenvalue weighted by atomic mass is 16.5. The molecule has 0 saturated carbocycles. The van der Waals surface area contributed by atoms with Crippen LogP contribution < -0.4 is 4.74 Å². The second kappa shape index (κ2) is 4.90. The van der Waals surface area contributed by atoms with Crippen LogP contribution in [0.4, 0.5) is 0 Å². The molecule has 100 valence electrons. The molecule has 1 heterocycles. The van der Waals surface area contributed by atoms with Gasteiger partial charge in [-0.15, -0.1) is 0 Å². The fourth-order valence-corrected chi connectivity index (χ4v) is 1.89. The Morgan fingerprint density at radius 1 is 1.28 bits per heavy atom. The maximum absolute atomic E-state index is 9.32. The highest BCUT2D eigenvalue weighted by molar-refractivity contribution is 5.31. The molecule has 0 spiro atoms. The van der Waals surface area contributed by atoms with E-state index in [9.17, 15) is 5.11 Å². The van der Waals surface area contributed by atoms with E-state index in [-0.39, 0.29) is 17.4 Å². The van der Waals surface area contributed by atoms with E-state index < -0.39 is 0 Å². The number of hydrogen-bond donors (Lipinski definition) is 1. The Morgan fingerprint density at radius 3 is 2.33 bits per heavy atom. The molecule has 2 rings (SSSR count). The summed E-state index contributed by atoms with van der Waals surface area (Å²) in [5.74, 6) is 0.876. The van der Waals surface area contributed by atoms with Gasteiger partial charge in [0.25, 0.3) is 0 Å². The first-order chi connectivity index (χ1) is 8.45. The quantitative estimate of drug-likeness (QED) is 0.872. The molecule has 1 aromatic carbocycles. The molecule has 0 bridgehead atoms. The van der Waals surface area contributed by atoms with E-state index in [1.54, 1.807) is 0 Å². The van der Waals surface area contributed by atoms with Gasteiger partial charge < -0.3 is 14.6 Å². The van der Waals surface area contributed by atoms with E-state index in [0.717, 1.165) is 24.5 Å². The lowest BCUT2D eigenvalue weighted by Crippen LogP contribution is -2.44. The van der Waals surface area contributed by atoms with E-state index in [4.69, 9.17) is 9.47 Å². The summed E-state index contributed by atoms with van der Waals surface area (Å²) in [6.07, 6.45) is 0. The smallest absolute Gasteiger partial charge is 0.119 e. The minimum absolute atomic E-state index is 0.141. The molecule has 1 aliphatic heterocycles. The van der Waals surface area contributed by atoms with Gasteiger partial charge in [-0.05, 0) is 17.7 Å².